The van der Waals surface area contributed by atoms with Gasteiger partial charge in [-0.15, -0.1) is 0 Å². The van der Waals surface area contributed by atoms with Crippen LogP contribution in [0.15, 0.2) is 23.2 Å². The van der Waals surface area contributed by atoms with Gasteiger partial charge in [0.05, 0.1) is 0 Å². The number of nitro groups is 1. The zero-order valence-corrected chi connectivity index (χ0v) is 10.8. The normalized spacial score (nSPS) is 11.7. The van der Waals surface area contributed by atoms with Crippen LogP contribution in [0.4, 0.5) is 5.82 Å². The fraction of sp³-hybridized carbons (Fsp3) is 0.444. The Morgan fingerprint density at radius 2 is 2.17 bits per heavy atom. The van der Waals surface area contributed by atoms with E-state index in [1.165, 1.54) is 13.1 Å². The highest BCUT2D eigenvalue weighted by Crippen LogP contribution is 2.15. The number of hydrogen-bond acceptors (Lipinski definition) is 6. The molecule has 0 atom stereocenters. The van der Waals surface area contributed by atoms with Crippen LogP contribution in [0.25, 0.3) is 0 Å². The predicted octanol–water partition coefficient (Wildman–Crippen LogP) is -0.170. The van der Waals surface area contributed by atoms with Gasteiger partial charge in [0.2, 0.25) is 10.0 Å². The topological polar surface area (TPSA) is 105 Å². The average Bonchev–Trinajstić information content (AvgIpc) is 2.35. The second kappa shape index (κ2) is 5.85. The van der Waals surface area contributed by atoms with E-state index in [0.717, 1.165) is 16.6 Å². The minimum Gasteiger partial charge on any atom is -0.358 e. The summed E-state index contributed by atoms with van der Waals surface area (Å²) in [6.07, 6.45) is 0.989. The SMILES string of the molecule is CNCCN(C)S(=O)(=O)c1ccc([N+](=O)[O-])nc1. The van der Waals surface area contributed by atoms with Gasteiger partial charge in [-0.25, -0.2) is 8.42 Å². The zero-order chi connectivity index (χ0) is 13.8. The molecule has 1 aromatic rings. The van der Waals surface area contributed by atoms with Gasteiger partial charge in [-0.3, -0.25) is 0 Å². The highest BCUT2D eigenvalue weighted by Gasteiger charge is 2.22. The molecular weight excluding hydrogens is 260 g/mol. The summed E-state index contributed by atoms with van der Waals surface area (Å²) in [4.78, 5) is 13.2. The van der Waals surface area contributed by atoms with Crippen molar-refractivity contribution in [3.8, 4) is 0 Å². The first kappa shape index (κ1) is 14.5. The van der Waals surface area contributed by atoms with Gasteiger partial charge in [-0.1, -0.05) is 0 Å². The Morgan fingerprint density at radius 3 is 2.61 bits per heavy atom. The van der Waals surface area contributed by atoms with Crippen molar-refractivity contribution < 1.29 is 13.3 Å². The molecule has 1 rings (SSSR count). The van der Waals surface area contributed by atoms with Crippen LogP contribution in [0.3, 0.4) is 0 Å². The van der Waals surface area contributed by atoms with Crippen molar-refractivity contribution in [3.63, 3.8) is 0 Å². The first-order valence-electron chi connectivity index (χ1n) is 5.11. The lowest BCUT2D eigenvalue weighted by Crippen LogP contribution is -2.32. The second-order valence-electron chi connectivity index (χ2n) is 3.54. The number of aromatic nitrogens is 1. The maximum atomic E-state index is 12.0. The summed E-state index contributed by atoms with van der Waals surface area (Å²) in [6, 6.07) is 2.25. The van der Waals surface area contributed by atoms with E-state index >= 15 is 0 Å². The maximum Gasteiger partial charge on any atom is 0.363 e. The van der Waals surface area contributed by atoms with Crippen LogP contribution in [0.5, 0.6) is 0 Å². The number of nitrogens with one attached hydrogen (secondary N) is 1. The molecule has 18 heavy (non-hydrogen) atoms. The lowest BCUT2D eigenvalue weighted by atomic mass is 10.5. The van der Waals surface area contributed by atoms with E-state index in [-0.39, 0.29) is 10.7 Å². The predicted molar refractivity (Wildman–Crippen MR) is 64.6 cm³/mol. The summed E-state index contributed by atoms with van der Waals surface area (Å²) in [7, 11) is -0.491. The first-order valence-corrected chi connectivity index (χ1v) is 6.55. The van der Waals surface area contributed by atoms with Crippen LogP contribution in [0.2, 0.25) is 0 Å². The first-order chi connectivity index (χ1) is 8.39. The van der Waals surface area contributed by atoms with E-state index < -0.39 is 14.9 Å². The molecule has 0 amide bonds. The van der Waals surface area contributed by atoms with Gasteiger partial charge in [0.25, 0.3) is 0 Å². The number of nitrogens with zero attached hydrogens (tertiary/aromatic N) is 3. The molecule has 0 unspecified atom stereocenters. The summed E-state index contributed by atoms with van der Waals surface area (Å²) in [5.74, 6) is -0.383. The molecule has 100 valence electrons. The van der Waals surface area contributed by atoms with Crippen molar-refractivity contribution in [3.05, 3.63) is 28.4 Å². The number of rotatable bonds is 6. The van der Waals surface area contributed by atoms with Crippen LogP contribution < -0.4 is 5.32 Å². The van der Waals surface area contributed by atoms with Crippen molar-refractivity contribution in [2.75, 3.05) is 27.2 Å². The Kier molecular flexibility index (Phi) is 4.70. The van der Waals surface area contributed by atoms with E-state index in [4.69, 9.17) is 0 Å². The Bertz CT molecular complexity index is 514. The highest BCUT2D eigenvalue weighted by atomic mass is 32.2. The number of sulfonamides is 1. The van der Waals surface area contributed by atoms with Crippen molar-refractivity contribution in [1.29, 1.82) is 0 Å². The number of likely N-dealkylation sites (N-methyl/N-ethyl adjacent to an activating group) is 2. The third kappa shape index (κ3) is 3.22. The minimum atomic E-state index is -3.65. The average molecular weight is 274 g/mol. The standard InChI is InChI=1S/C9H14N4O4S/c1-10-5-6-12(2)18(16,17)8-3-4-9(11-7-8)13(14)15/h3-4,7,10H,5-6H2,1-2H3. The molecule has 0 aromatic carbocycles. The Morgan fingerprint density at radius 1 is 1.50 bits per heavy atom. The Hall–Kier alpha value is -1.58. The fourth-order valence-electron chi connectivity index (χ4n) is 1.20. The lowest BCUT2D eigenvalue weighted by Gasteiger charge is -2.15. The third-order valence-corrected chi connectivity index (χ3v) is 4.13. The van der Waals surface area contributed by atoms with Gasteiger partial charge < -0.3 is 15.4 Å². The second-order valence-corrected chi connectivity index (χ2v) is 5.58. The molecule has 1 heterocycles. The fourth-order valence-corrected chi connectivity index (χ4v) is 2.32. The van der Waals surface area contributed by atoms with E-state index in [0.29, 0.717) is 13.1 Å². The summed E-state index contributed by atoms with van der Waals surface area (Å²) in [6.45, 7) is 0.811. The van der Waals surface area contributed by atoms with E-state index in [2.05, 4.69) is 10.3 Å². The van der Waals surface area contributed by atoms with Crippen LogP contribution in [0.1, 0.15) is 0 Å². The minimum absolute atomic E-state index is 0.0632. The largest absolute Gasteiger partial charge is 0.363 e. The Labute approximate surface area is 105 Å². The van der Waals surface area contributed by atoms with Crippen LogP contribution in [-0.2, 0) is 10.0 Å². The van der Waals surface area contributed by atoms with E-state index in [1.807, 2.05) is 0 Å². The molecule has 0 spiro atoms. The molecule has 1 N–H and O–H groups in total. The van der Waals surface area contributed by atoms with Crippen molar-refractivity contribution in [2.45, 2.75) is 4.90 Å². The van der Waals surface area contributed by atoms with Gasteiger partial charge in [0, 0.05) is 26.2 Å². The third-order valence-electron chi connectivity index (χ3n) is 2.29. The van der Waals surface area contributed by atoms with Gasteiger partial charge in [0.1, 0.15) is 4.90 Å². The molecule has 9 heteroatoms. The summed E-state index contributed by atoms with van der Waals surface area (Å²) in [5, 5.41) is 13.2. The highest BCUT2D eigenvalue weighted by molar-refractivity contribution is 7.89. The van der Waals surface area contributed by atoms with Gasteiger partial charge in [-0.05, 0) is 23.0 Å². The molecule has 0 aliphatic rings. The molecule has 0 aliphatic heterocycles. The van der Waals surface area contributed by atoms with Crippen LogP contribution >= 0.6 is 0 Å². The maximum absolute atomic E-state index is 12.0. The zero-order valence-electron chi connectivity index (χ0n) is 10.0. The lowest BCUT2D eigenvalue weighted by molar-refractivity contribution is -0.389. The van der Waals surface area contributed by atoms with Crippen molar-refractivity contribution >= 4 is 15.8 Å². The van der Waals surface area contributed by atoms with E-state index in [1.54, 1.807) is 7.05 Å². The van der Waals surface area contributed by atoms with Crippen molar-refractivity contribution in [1.82, 2.24) is 14.6 Å². The van der Waals surface area contributed by atoms with Crippen molar-refractivity contribution in [2.24, 2.45) is 0 Å². The molecule has 0 bridgehead atoms. The van der Waals surface area contributed by atoms with Gasteiger partial charge in [0.15, 0.2) is 6.20 Å². The molecule has 8 nitrogen and oxygen atoms in total. The van der Waals surface area contributed by atoms with Crippen LogP contribution in [0, 0.1) is 10.1 Å². The van der Waals surface area contributed by atoms with Gasteiger partial charge in [-0.2, -0.15) is 4.31 Å². The summed E-state index contributed by atoms with van der Waals surface area (Å²) < 4.78 is 25.2. The van der Waals surface area contributed by atoms with E-state index in [9.17, 15) is 18.5 Å². The number of pyridine rings is 1. The van der Waals surface area contributed by atoms with Gasteiger partial charge >= 0.3 is 5.82 Å². The molecule has 0 saturated heterocycles. The molecule has 1 aromatic heterocycles. The summed E-state index contributed by atoms with van der Waals surface area (Å²) >= 11 is 0. The quantitative estimate of drug-likeness (QED) is 0.570. The smallest absolute Gasteiger partial charge is 0.358 e. The monoisotopic (exact) mass is 274 g/mol. The molecular formula is C9H14N4O4S. The molecule has 0 aliphatic carbocycles. The number of hydrogen-bond donors (Lipinski definition) is 1. The van der Waals surface area contributed by atoms with Crippen LogP contribution in [-0.4, -0.2) is 49.8 Å². The molecule has 0 fully saturated rings. The Balaban J connectivity index is 2.94. The molecule has 0 radical (unpaired) electrons. The summed E-state index contributed by atoms with van der Waals surface area (Å²) in [5.41, 5.74) is 0. The molecule has 0 saturated carbocycles.